The summed E-state index contributed by atoms with van der Waals surface area (Å²) in [7, 11) is 1.72. The van der Waals surface area contributed by atoms with Crippen LogP contribution in [0.4, 0.5) is 0 Å². The maximum atomic E-state index is 12.8. The van der Waals surface area contributed by atoms with Crippen molar-refractivity contribution in [1.82, 2.24) is 29.9 Å². The van der Waals surface area contributed by atoms with Crippen LogP contribution >= 0.6 is 0 Å². The number of nitrogens with zero attached hydrogens (tertiary/aromatic N) is 4. The molecule has 24 heavy (non-hydrogen) atoms. The van der Waals surface area contributed by atoms with Gasteiger partial charge in [-0.2, -0.15) is 10.2 Å². The first kappa shape index (κ1) is 15.2. The lowest BCUT2D eigenvalue weighted by atomic mass is 9.94. The summed E-state index contributed by atoms with van der Waals surface area (Å²) >= 11 is 0. The number of hydrogen-bond donors (Lipinski definition) is 2. The van der Waals surface area contributed by atoms with Crippen LogP contribution in [0.15, 0.2) is 17.2 Å². The molecule has 1 saturated heterocycles. The van der Waals surface area contributed by atoms with Crippen molar-refractivity contribution in [2.45, 2.75) is 38.1 Å². The quantitative estimate of drug-likeness (QED) is 0.845. The highest BCUT2D eigenvalue weighted by molar-refractivity contribution is 5.77. The predicted octanol–water partition coefficient (Wildman–Crippen LogP) is 0.764. The minimum atomic E-state index is -0.225. The van der Waals surface area contributed by atoms with Gasteiger partial charge >= 0.3 is 5.69 Å². The molecule has 0 bridgehead atoms. The van der Waals surface area contributed by atoms with Crippen LogP contribution in [-0.4, -0.2) is 42.3 Å². The van der Waals surface area contributed by atoms with Gasteiger partial charge in [0.25, 0.3) is 0 Å². The van der Waals surface area contributed by atoms with Gasteiger partial charge in [0, 0.05) is 26.2 Å². The van der Waals surface area contributed by atoms with Gasteiger partial charge in [-0.05, 0) is 43.1 Å². The van der Waals surface area contributed by atoms with Crippen LogP contribution in [0.2, 0.25) is 0 Å². The van der Waals surface area contributed by atoms with Crippen molar-refractivity contribution in [2.24, 2.45) is 18.9 Å². The molecule has 128 valence electrons. The molecule has 2 aromatic rings. The van der Waals surface area contributed by atoms with Crippen LogP contribution < -0.4 is 5.69 Å². The first-order valence-electron chi connectivity index (χ1n) is 8.53. The molecule has 2 fully saturated rings. The van der Waals surface area contributed by atoms with Crippen molar-refractivity contribution in [3.05, 3.63) is 34.3 Å². The summed E-state index contributed by atoms with van der Waals surface area (Å²) < 4.78 is 1.54. The van der Waals surface area contributed by atoms with E-state index >= 15 is 0 Å². The average Bonchev–Trinajstić information content (AvgIpc) is 2.98. The van der Waals surface area contributed by atoms with Gasteiger partial charge in [0.2, 0.25) is 5.91 Å². The lowest BCUT2D eigenvalue weighted by Gasteiger charge is -2.27. The monoisotopic (exact) mass is 330 g/mol. The van der Waals surface area contributed by atoms with Crippen LogP contribution in [0.25, 0.3) is 0 Å². The Bertz CT molecular complexity index is 773. The second-order valence-corrected chi connectivity index (χ2v) is 6.87. The maximum Gasteiger partial charge on any atom is 0.343 e. The molecule has 0 aromatic carbocycles. The Labute approximate surface area is 139 Å². The summed E-state index contributed by atoms with van der Waals surface area (Å²) in [4.78, 5) is 26.5. The number of hydrogen-bond acceptors (Lipinski definition) is 4. The predicted molar refractivity (Wildman–Crippen MR) is 86.0 cm³/mol. The van der Waals surface area contributed by atoms with Gasteiger partial charge in [-0.25, -0.2) is 9.89 Å². The lowest BCUT2D eigenvalue weighted by Crippen LogP contribution is -2.34. The molecular weight excluding hydrogens is 308 g/mol. The molecule has 2 unspecified atom stereocenters. The van der Waals surface area contributed by atoms with E-state index in [4.69, 9.17) is 0 Å². The number of aromatic nitrogens is 5. The molecule has 3 heterocycles. The van der Waals surface area contributed by atoms with E-state index < -0.39 is 0 Å². The molecule has 1 aliphatic heterocycles. The van der Waals surface area contributed by atoms with E-state index in [0.717, 1.165) is 18.5 Å². The van der Waals surface area contributed by atoms with E-state index in [2.05, 4.69) is 20.4 Å². The average molecular weight is 330 g/mol. The van der Waals surface area contributed by atoms with Crippen molar-refractivity contribution < 1.29 is 4.79 Å². The lowest BCUT2D eigenvalue weighted by molar-refractivity contribution is -0.132. The summed E-state index contributed by atoms with van der Waals surface area (Å²) in [6.07, 6.45) is 8.12. The van der Waals surface area contributed by atoms with Gasteiger partial charge in [-0.3, -0.25) is 14.5 Å². The first-order chi connectivity index (χ1) is 11.6. The zero-order valence-electron chi connectivity index (χ0n) is 13.7. The van der Waals surface area contributed by atoms with E-state index in [1.807, 2.05) is 11.1 Å². The van der Waals surface area contributed by atoms with Gasteiger partial charge in [0.15, 0.2) is 5.82 Å². The van der Waals surface area contributed by atoms with Crippen LogP contribution in [0.1, 0.15) is 43.1 Å². The van der Waals surface area contributed by atoms with Crippen LogP contribution in [-0.2, 0) is 18.3 Å². The number of aromatic amines is 2. The number of amides is 1. The third-order valence-electron chi connectivity index (χ3n) is 5.35. The van der Waals surface area contributed by atoms with Crippen molar-refractivity contribution in [1.29, 1.82) is 0 Å². The molecule has 0 radical (unpaired) electrons. The zero-order chi connectivity index (χ0) is 16.7. The third-order valence-corrected chi connectivity index (χ3v) is 5.35. The number of likely N-dealkylation sites (tertiary alicyclic amines) is 1. The molecule has 4 rings (SSSR count). The molecule has 2 aromatic heterocycles. The standard InChI is InChI=1S/C16H22N6O2/c1-21-15(19-20-16(21)24)14-12(11-3-4-11)6-7-22(14)13(23)5-2-10-8-17-18-9-10/h8-9,11-12,14H,2-7H2,1H3,(H,17,18)(H,20,24). The summed E-state index contributed by atoms with van der Waals surface area (Å²) in [6, 6.07) is -0.0849. The third kappa shape index (κ3) is 2.65. The largest absolute Gasteiger partial charge is 0.343 e. The Morgan fingerprint density at radius 3 is 2.83 bits per heavy atom. The Balaban J connectivity index is 1.55. The van der Waals surface area contributed by atoms with Crippen molar-refractivity contribution in [3.8, 4) is 0 Å². The van der Waals surface area contributed by atoms with Gasteiger partial charge in [0.05, 0.1) is 12.2 Å². The smallest absolute Gasteiger partial charge is 0.332 e. The molecule has 0 spiro atoms. The number of carbonyl (C=O) groups is 1. The highest BCUT2D eigenvalue weighted by Gasteiger charge is 2.47. The van der Waals surface area contributed by atoms with Crippen molar-refractivity contribution in [3.63, 3.8) is 0 Å². The molecule has 1 amide bonds. The second kappa shape index (κ2) is 5.92. The molecule has 8 nitrogen and oxygen atoms in total. The minimum Gasteiger partial charge on any atom is -0.332 e. The molecule has 2 atom stereocenters. The molecule has 8 heteroatoms. The highest BCUT2D eigenvalue weighted by Crippen LogP contribution is 2.49. The Morgan fingerprint density at radius 2 is 2.21 bits per heavy atom. The summed E-state index contributed by atoms with van der Waals surface area (Å²) in [6.45, 7) is 0.747. The summed E-state index contributed by atoms with van der Waals surface area (Å²) in [5, 5.41) is 13.4. The maximum absolute atomic E-state index is 12.8. The van der Waals surface area contributed by atoms with Gasteiger partial charge in [-0.15, -0.1) is 0 Å². The number of nitrogens with one attached hydrogen (secondary N) is 2. The fourth-order valence-electron chi connectivity index (χ4n) is 3.88. The number of rotatable bonds is 5. The van der Waals surface area contributed by atoms with Crippen LogP contribution in [0.3, 0.4) is 0 Å². The van der Waals surface area contributed by atoms with E-state index in [-0.39, 0.29) is 17.6 Å². The van der Waals surface area contributed by atoms with E-state index in [1.165, 1.54) is 12.8 Å². The minimum absolute atomic E-state index is 0.0849. The number of aryl methyl sites for hydroxylation is 1. The Hall–Kier alpha value is -2.38. The molecular formula is C16H22N6O2. The number of carbonyl (C=O) groups excluding carboxylic acids is 1. The second-order valence-electron chi connectivity index (χ2n) is 6.87. The molecule has 1 aliphatic carbocycles. The van der Waals surface area contributed by atoms with E-state index in [0.29, 0.717) is 30.5 Å². The topological polar surface area (TPSA) is 99.7 Å². The first-order valence-corrected chi connectivity index (χ1v) is 8.53. The normalized spacial score (nSPS) is 23.8. The number of H-pyrrole nitrogens is 2. The zero-order valence-corrected chi connectivity index (χ0v) is 13.7. The molecule has 1 saturated carbocycles. The SMILES string of the molecule is Cn1c(C2C(C3CC3)CCN2C(=O)CCc2cn[nH]c2)n[nH]c1=O. The van der Waals surface area contributed by atoms with Gasteiger partial charge < -0.3 is 4.90 Å². The highest BCUT2D eigenvalue weighted by atomic mass is 16.2. The summed E-state index contributed by atoms with van der Waals surface area (Å²) in [5.41, 5.74) is 0.808. The molecule has 2 N–H and O–H groups in total. The van der Waals surface area contributed by atoms with E-state index in [1.54, 1.807) is 17.8 Å². The van der Waals surface area contributed by atoms with E-state index in [9.17, 15) is 9.59 Å². The Morgan fingerprint density at radius 1 is 1.38 bits per heavy atom. The molecule has 2 aliphatic rings. The van der Waals surface area contributed by atoms with Crippen LogP contribution in [0, 0.1) is 11.8 Å². The van der Waals surface area contributed by atoms with Gasteiger partial charge in [-0.1, -0.05) is 0 Å². The van der Waals surface area contributed by atoms with Gasteiger partial charge in [0.1, 0.15) is 0 Å². The van der Waals surface area contributed by atoms with Crippen LogP contribution in [0.5, 0.6) is 0 Å². The summed E-state index contributed by atoms with van der Waals surface area (Å²) in [5.74, 6) is 1.89. The van der Waals surface area contributed by atoms with Crippen molar-refractivity contribution in [2.75, 3.05) is 6.54 Å². The fourth-order valence-corrected chi connectivity index (χ4v) is 3.88. The fraction of sp³-hybridized carbons (Fsp3) is 0.625. The Kier molecular flexibility index (Phi) is 3.74. The van der Waals surface area contributed by atoms with Crippen molar-refractivity contribution >= 4 is 5.91 Å².